The minimum absolute atomic E-state index is 0.360. The number of halogens is 1. The zero-order valence-electron chi connectivity index (χ0n) is 11.7. The number of aliphatic carboxylic acids is 1. The Morgan fingerprint density at radius 3 is 2.50 bits per heavy atom. The Morgan fingerprint density at radius 1 is 1.25 bits per heavy atom. The first-order valence-corrected chi connectivity index (χ1v) is 7.83. The molecule has 1 fully saturated rings. The van der Waals surface area contributed by atoms with Gasteiger partial charge in [0.25, 0.3) is 0 Å². The van der Waals surface area contributed by atoms with Crippen LogP contribution in [0.5, 0.6) is 0 Å². The highest BCUT2D eigenvalue weighted by molar-refractivity contribution is 9.10. The van der Waals surface area contributed by atoms with Crippen molar-refractivity contribution in [3.8, 4) is 0 Å². The number of rotatable bonds is 3. The maximum atomic E-state index is 11.0. The number of carboxylic acids is 1. The molecule has 1 aliphatic heterocycles. The first kappa shape index (κ1) is 15.1. The van der Waals surface area contributed by atoms with Crippen LogP contribution >= 0.6 is 15.9 Å². The Hall–Kier alpha value is -1.29. The molecule has 0 spiro atoms. The highest BCUT2D eigenvalue weighted by Gasteiger charge is 2.13. The Balaban J connectivity index is 2.36. The van der Waals surface area contributed by atoms with Gasteiger partial charge in [0, 0.05) is 28.8 Å². The van der Waals surface area contributed by atoms with Gasteiger partial charge in [-0.2, -0.15) is 0 Å². The van der Waals surface area contributed by atoms with Gasteiger partial charge in [0.1, 0.15) is 0 Å². The van der Waals surface area contributed by atoms with Crippen molar-refractivity contribution < 1.29 is 9.90 Å². The lowest BCUT2D eigenvalue weighted by Gasteiger charge is -2.25. The highest BCUT2D eigenvalue weighted by atomic mass is 79.9. The summed E-state index contributed by atoms with van der Waals surface area (Å²) in [6.45, 7) is 3.73. The summed E-state index contributed by atoms with van der Waals surface area (Å²) in [5.74, 6) is -0.869. The second-order valence-electron chi connectivity index (χ2n) is 5.24. The van der Waals surface area contributed by atoms with Crippen LogP contribution in [0.15, 0.2) is 28.2 Å². The highest BCUT2D eigenvalue weighted by Crippen LogP contribution is 2.28. The summed E-state index contributed by atoms with van der Waals surface area (Å²) in [7, 11) is 0. The van der Waals surface area contributed by atoms with E-state index in [2.05, 4.69) is 26.9 Å². The van der Waals surface area contributed by atoms with Crippen LogP contribution in [0.4, 0.5) is 5.69 Å². The Labute approximate surface area is 128 Å². The first-order chi connectivity index (χ1) is 9.58. The van der Waals surface area contributed by atoms with Gasteiger partial charge >= 0.3 is 5.97 Å². The quantitative estimate of drug-likeness (QED) is 0.835. The summed E-state index contributed by atoms with van der Waals surface area (Å²) in [6.07, 6.45) is 6.74. The van der Waals surface area contributed by atoms with Gasteiger partial charge in [-0.15, -0.1) is 0 Å². The molecule has 3 nitrogen and oxygen atoms in total. The third-order valence-corrected chi connectivity index (χ3v) is 4.14. The molecule has 0 bridgehead atoms. The summed E-state index contributed by atoms with van der Waals surface area (Å²) in [4.78, 5) is 13.4. The number of hydrogen-bond donors (Lipinski definition) is 1. The van der Waals surface area contributed by atoms with Crippen molar-refractivity contribution in [2.24, 2.45) is 0 Å². The molecule has 0 unspecified atom stereocenters. The van der Waals surface area contributed by atoms with Crippen LogP contribution in [0.1, 0.15) is 38.2 Å². The van der Waals surface area contributed by atoms with Crippen molar-refractivity contribution in [2.45, 2.75) is 32.6 Å². The molecular formula is C16H20BrNO2. The molecule has 0 amide bonds. The molecule has 1 heterocycles. The van der Waals surface area contributed by atoms with Gasteiger partial charge in [-0.25, -0.2) is 4.79 Å². The Kier molecular flexibility index (Phi) is 5.24. The molecule has 20 heavy (non-hydrogen) atoms. The number of benzene rings is 1. The summed E-state index contributed by atoms with van der Waals surface area (Å²) >= 11 is 3.47. The van der Waals surface area contributed by atoms with Crippen LogP contribution < -0.4 is 4.90 Å². The lowest BCUT2D eigenvalue weighted by Crippen LogP contribution is -2.24. The van der Waals surface area contributed by atoms with Gasteiger partial charge in [0.15, 0.2) is 0 Å². The molecule has 0 aromatic heterocycles. The average Bonchev–Trinajstić information content (AvgIpc) is 2.67. The molecule has 0 aliphatic carbocycles. The van der Waals surface area contributed by atoms with Crippen molar-refractivity contribution in [3.05, 3.63) is 33.8 Å². The molecule has 108 valence electrons. The average molecular weight is 338 g/mol. The standard InChI is InChI=1S/C16H20BrNO2/c1-12(16(19)20)10-13-11-14(17)6-7-15(13)18-8-4-2-3-5-9-18/h6-7,10-11H,2-5,8-9H2,1H3,(H,19,20). The van der Waals surface area contributed by atoms with Crippen molar-refractivity contribution in [1.82, 2.24) is 0 Å². The van der Waals surface area contributed by atoms with Gasteiger partial charge in [-0.3, -0.25) is 0 Å². The summed E-state index contributed by atoms with van der Waals surface area (Å²) < 4.78 is 0.973. The van der Waals surface area contributed by atoms with Gasteiger partial charge in [-0.1, -0.05) is 28.8 Å². The molecule has 1 aromatic carbocycles. The van der Waals surface area contributed by atoms with Crippen LogP contribution in [0.25, 0.3) is 6.08 Å². The second-order valence-corrected chi connectivity index (χ2v) is 6.15. The number of carbonyl (C=O) groups is 1. The second kappa shape index (κ2) is 6.93. The SMILES string of the molecule is CC(=Cc1cc(Br)ccc1N1CCCCCC1)C(=O)O. The van der Waals surface area contributed by atoms with Crippen LogP contribution in [0.2, 0.25) is 0 Å². The van der Waals surface area contributed by atoms with Gasteiger partial charge < -0.3 is 10.0 Å². The summed E-state index contributed by atoms with van der Waals surface area (Å²) in [6, 6.07) is 6.09. The largest absolute Gasteiger partial charge is 0.478 e. The minimum Gasteiger partial charge on any atom is -0.478 e. The first-order valence-electron chi connectivity index (χ1n) is 7.04. The van der Waals surface area contributed by atoms with E-state index in [1.54, 1.807) is 13.0 Å². The number of hydrogen-bond acceptors (Lipinski definition) is 2. The van der Waals surface area contributed by atoms with E-state index in [9.17, 15) is 4.79 Å². The van der Waals surface area contributed by atoms with Gasteiger partial charge in [-0.05, 0) is 49.6 Å². The van der Waals surface area contributed by atoms with E-state index in [1.807, 2.05) is 12.1 Å². The fourth-order valence-corrected chi connectivity index (χ4v) is 2.91. The summed E-state index contributed by atoms with van der Waals surface area (Å²) in [5.41, 5.74) is 2.47. The summed E-state index contributed by atoms with van der Waals surface area (Å²) in [5, 5.41) is 9.07. The monoisotopic (exact) mass is 337 g/mol. The fourth-order valence-electron chi connectivity index (χ4n) is 2.54. The van der Waals surface area contributed by atoms with Crippen LogP contribution in [0.3, 0.4) is 0 Å². The molecule has 1 saturated heterocycles. The molecule has 1 aromatic rings. The predicted molar refractivity (Wildman–Crippen MR) is 86.1 cm³/mol. The van der Waals surface area contributed by atoms with E-state index >= 15 is 0 Å². The topological polar surface area (TPSA) is 40.5 Å². The number of anilines is 1. The fraction of sp³-hybridized carbons (Fsp3) is 0.438. The molecule has 0 radical (unpaired) electrons. The maximum Gasteiger partial charge on any atom is 0.331 e. The van der Waals surface area contributed by atoms with E-state index in [-0.39, 0.29) is 0 Å². The van der Waals surface area contributed by atoms with E-state index < -0.39 is 5.97 Å². The zero-order valence-corrected chi connectivity index (χ0v) is 13.3. The van der Waals surface area contributed by atoms with Gasteiger partial charge in [0.2, 0.25) is 0 Å². The van der Waals surface area contributed by atoms with E-state index in [1.165, 1.54) is 25.7 Å². The molecule has 1 N–H and O–H groups in total. The smallest absolute Gasteiger partial charge is 0.331 e. The molecule has 0 atom stereocenters. The third kappa shape index (κ3) is 3.85. The predicted octanol–water partition coefficient (Wildman–Crippen LogP) is 4.32. The maximum absolute atomic E-state index is 11.0. The lowest BCUT2D eigenvalue weighted by molar-refractivity contribution is -0.132. The lowest BCUT2D eigenvalue weighted by atomic mass is 10.1. The van der Waals surface area contributed by atoms with Crippen molar-refractivity contribution in [3.63, 3.8) is 0 Å². The van der Waals surface area contributed by atoms with E-state index in [0.717, 1.165) is 28.8 Å². The molecular weight excluding hydrogens is 318 g/mol. The molecule has 0 saturated carbocycles. The van der Waals surface area contributed by atoms with Crippen molar-refractivity contribution in [2.75, 3.05) is 18.0 Å². The number of carboxylic acid groups (broad SMARTS) is 1. The Bertz CT molecular complexity index is 517. The van der Waals surface area contributed by atoms with Crippen LogP contribution in [-0.4, -0.2) is 24.2 Å². The van der Waals surface area contributed by atoms with E-state index in [4.69, 9.17) is 5.11 Å². The molecule has 1 aliphatic rings. The number of nitrogens with zero attached hydrogens (tertiary/aromatic N) is 1. The molecule has 4 heteroatoms. The zero-order chi connectivity index (χ0) is 14.5. The third-order valence-electron chi connectivity index (χ3n) is 3.65. The minimum atomic E-state index is -0.869. The molecule has 2 rings (SSSR count). The van der Waals surface area contributed by atoms with Crippen molar-refractivity contribution in [1.29, 1.82) is 0 Å². The van der Waals surface area contributed by atoms with Crippen molar-refractivity contribution >= 4 is 33.7 Å². The normalized spacial score (nSPS) is 16.9. The van der Waals surface area contributed by atoms with Crippen LogP contribution in [-0.2, 0) is 4.79 Å². The van der Waals surface area contributed by atoms with Gasteiger partial charge in [0.05, 0.1) is 0 Å². The van der Waals surface area contributed by atoms with Crippen LogP contribution in [0, 0.1) is 0 Å². The van der Waals surface area contributed by atoms with E-state index in [0.29, 0.717) is 5.57 Å². The Morgan fingerprint density at radius 2 is 1.90 bits per heavy atom.